The van der Waals surface area contributed by atoms with Gasteiger partial charge in [0.25, 0.3) is 0 Å². The highest BCUT2D eigenvalue weighted by Gasteiger charge is 2.44. The summed E-state index contributed by atoms with van der Waals surface area (Å²) in [5.74, 6) is -1.44. The number of rotatable bonds is 8. The van der Waals surface area contributed by atoms with E-state index in [1.54, 1.807) is 13.8 Å². The van der Waals surface area contributed by atoms with Gasteiger partial charge in [0.15, 0.2) is 0 Å². The number of alkyl carbamates (subject to hydrolysis) is 1. The highest BCUT2D eigenvalue weighted by atomic mass is 16.5. The number of fused-ring (bicyclic) bond motifs is 3. The Morgan fingerprint density at radius 1 is 1.03 bits per heavy atom. The van der Waals surface area contributed by atoms with Gasteiger partial charge in [0, 0.05) is 43.9 Å². The number of carbonyl (C=O) groups is 3. The van der Waals surface area contributed by atoms with Crippen LogP contribution in [0.3, 0.4) is 0 Å². The second-order valence-electron chi connectivity index (χ2n) is 9.84. The molecule has 2 aromatic carbocycles. The van der Waals surface area contributed by atoms with Crippen molar-refractivity contribution in [2.24, 2.45) is 5.41 Å². The number of amides is 2. The van der Waals surface area contributed by atoms with Crippen LogP contribution >= 0.6 is 0 Å². The molecule has 0 unspecified atom stereocenters. The molecular formula is C27H32N2O6. The van der Waals surface area contributed by atoms with Gasteiger partial charge in [0.1, 0.15) is 12.1 Å². The van der Waals surface area contributed by atoms with Crippen molar-refractivity contribution in [1.29, 1.82) is 0 Å². The van der Waals surface area contributed by atoms with Gasteiger partial charge in [-0.25, -0.2) is 9.59 Å². The number of nitrogens with one attached hydrogen (secondary N) is 2. The zero-order chi connectivity index (χ0) is 25.1. The molecule has 8 heteroatoms. The quantitative estimate of drug-likeness (QED) is 0.531. The second kappa shape index (κ2) is 10.1. The van der Waals surface area contributed by atoms with Gasteiger partial charge in [-0.05, 0) is 28.7 Å². The Labute approximate surface area is 205 Å². The van der Waals surface area contributed by atoms with Crippen LogP contribution < -0.4 is 10.6 Å². The van der Waals surface area contributed by atoms with Crippen molar-refractivity contribution < 1.29 is 29.0 Å². The number of hydrogen-bond acceptors (Lipinski definition) is 5. The third-order valence-corrected chi connectivity index (χ3v) is 7.09. The van der Waals surface area contributed by atoms with Crippen LogP contribution in [0.2, 0.25) is 0 Å². The molecule has 1 saturated heterocycles. The lowest BCUT2D eigenvalue weighted by Gasteiger charge is -2.36. The predicted molar refractivity (Wildman–Crippen MR) is 130 cm³/mol. The Kier molecular flexibility index (Phi) is 7.12. The van der Waals surface area contributed by atoms with E-state index in [2.05, 4.69) is 34.9 Å². The van der Waals surface area contributed by atoms with Gasteiger partial charge in [-0.3, -0.25) is 4.79 Å². The average Bonchev–Trinajstić information content (AvgIpc) is 3.17. The maximum atomic E-state index is 12.9. The molecule has 186 valence electrons. The molecular weight excluding hydrogens is 448 g/mol. The Morgan fingerprint density at radius 2 is 1.60 bits per heavy atom. The summed E-state index contributed by atoms with van der Waals surface area (Å²) in [4.78, 5) is 37.1. The molecule has 0 saturated carbocycles. The van der Waals surface area contributed by atoms with Crippen LogP contribution in [-0.2, 0) is 19.1 Å². The molecule has 0 bridgehead atoms. The van der Waals surface area contributed by atoms with E-state index >= 15 is 0 Å². The number of aliphatic carboxylic acids is 1. The second-order valence-corrected chi connectivity index (χ2v) is 9.84. The molecule has 0 spiro atoms. The summed E-state index contributed by atoms with van der Waals surface area (Å²) in [5, 5.41) is 15.1. The lowest BCUT2D eigenvalue weighted by molar-refractivity contribution is -0.153. The SMILES string of the molecule is CC(C)(CCNC(=O)OCC1c2ccccc2-c2ccccc21)C(=O)NC1(C(=O)O)CCOCC1. The molecule has 3 N–H and O–H groups in total. The molecule has 2 aromatic rings. The maximum Gasteiger partial charge on any atom is 0.407 e. The molecule has 8 nitrogen and oxygen atoms in total. The molecule has 1 fully saturated rings. The third kappa shape index (κ3) is 5.17. The first-order valence-corrected chi connectivity index (χ1v) is 12.0. The van der Waals surface area contributed by atoms with Crippen molar-refractivity contribution in [1.82, 2.24) is 10.6 Å². The zero-order valence-electron chi connectivity index (χ0n) is 20.1. The van der Waals surface area contributed by atoms with Crippen molar-refractivity contribution in [2.45, 2.75) is 44.6 Å². The maximum absolute atomic E-state index is 12.9. The summed E-state index contributed by atoms with van der Waals surface area (Å²) in [6.07, 6.45) is 0.231. The van der Waals surface area contributed by atoms with Gasteiger partial charge in [0.05, 0.1) is 0 Å². The van der Waals surface area contributed by atoms with E-state index in [1.807, 2.05) is 24.3 Å². The van der Waals surface area contributed by atoms with E-state index in [-0.39, 0.29) is 51.0 Å². The average molecular weight is 481 g/mol. The Bertz CT molecular complexity index is 1060. The Hall–Kier alpha value is -3.39. The fourth-order valence-corrected chi connectivity index (χ4v) is 4.74. The van der Waals surface area contributed by atoms with E-state index in [4.69, 9.17) is 9.47 Å². The van der Waals surface area contributed by atoms with Gasteiger partial charge >= 0.3 is 12.1 Å². The Morgan fingerprint density at radius 3 is 2.17 bits per heavy atom. The van der Waals surface area contributed by atoms with E-state index in [0.29, 0.717) is 6.42 Å². The third-order valence-electron chi connectivity index (χ3n) is 7.09. The smallest absolute Gasteiger partial charge is 0.407 e. The summed E-state index contributed by atoms with van der Waals surface area (Å²) in [6.45, 7) is 4.48. The minimum atomic E-state index is -1.31. The lowest BCUT2D eigenvalue weighted by atomic mass is 9.84. The van der Waals surface area contributed by atoms with Crippen LogP contribution in [0.25, 0.3) is 11.1 Å². The monoisotopic (exact) mass is 480 g/mol. The fourth-order valence-electron chi connectivity index (χ4n) is 4.74. The van der Waals surface area contributed by atoms with E-state index in [0.717, 1.165) is 22.3 Å². The first-order chi connectivity index (χ1) is 16.7. The summed E-state index contributed by atoms with van der Waals surface area (Å²) < 4.78 is 10.8. The number of carboxylic acid groups (broad SMARTS) is 1. The van der Waals surface area contributed by atoms with Crippen LogP contribution in [-0.4, -0.2) is 55.0 Å². The summed E-state index contributed by atoms with van der Waals surface area (Å²) in [7, 11) is 0. The van der Waals surface area contributed by atoms with E-state index < -0.39 is 23.0 Å². The molecule has 1 aliphatic carbocycles. The largest absolute Gasteiger partial charge is 0.480 e. The summed E-state index contributed by atoms with van der Waals surface area (Å²) >= 11 is 0. The van der Waals surface area contributed by atoms with Crippen molar-refractivity contribution >= 4 is 18.0 Å². The fraction of sp³-hybridized carbons (Fsp3) is 0.444. The summed E-state index contributed by atoms with van der Waals surface area (Å²) in [6, 6.07) is 16.3. The number of carboxylic acids is 1. The minimum absolute atomic E-state index is 0.0259. The molecule has 0 aromatic heterocycles. The first-order valence-electron chi connectivity index (χ1n) is 12.0. The van der Waals surface area contributed by atoms with Gasteiger partial charge in [0.2, 0.25) is 5.91 Å². The zero-order valence-corrected chi connectivity index (χ0v) is 20.1. The molecule has 35 heavy (non-hydrogen) atoms. The standard InChI is InChI=1S/C27H32N2O6/c1-26(2,23(30)29-27(24(31)32)12-15-34-16-13-27)11-14-28-25(33)35-17-22-20-9-5-3-7-18(20)19-8-4-6-10-21(19)22/h3-10,22H,11-17H2,1-2H3,(H,28,33)(H,29,30)(H,31,32). The van der Waals surface area contributed by atoms with E-state index in [9.17, 15) is 19.5 Å². The highest BCUT2D eigenvalue weighted by Crippen LogP contribution is 2.44. The predicted octanol–water partition coefficient (Wildman–Crippen LogP) is 3.69. The number of benzene rings is 2. The van der Waals surface area contributed by atoms with Gasteiger partial charge < -0.3 is 25.2 Å². The normalized spacial score (nSPS) is 16.6. The van der Waals surface area contributed by atoms with Crippen LogP contribution in [0.5, 0.6) is 0 Å². The topological polar surface area (TPSA) is 114 Å². The van der Waals surface area contributed by atoms with Gasteiger partial charge in [-0.15, -0.1) is 0 Å². The van der Waals surface area contributed by atoms with E-state index in [1.165, 1.54) is 0 Å². The molecule has 4 rings (SSSR count). The number of carbonyl (C=O) groups excluding carboxylic acids is 2. The Balaban J connectivity index is 1.28. The van der Waals surface area contributed by atoms with Crippen molar-refractivity contribution in [3.05, 3.63) is 59.7 Å². The van der Waals surface area contributed by atoms with Crippen LogP contribution in [0.15, 0.2) is 48.5 Å². The molecule has 1 aliphatic heterocycles. The molecule has 1 heterocycles. The molecule has 2 amide bonds. The number of ether oxygens (including phenoxy) is 2. The first kappa shape index (κ1) is 24.7. The minimum Gasteiger partial charge on any atom is -0.480 e. The van der Waals surface area contributed by atoms with Crippen LogP contribution in [0.4, 0.5) is 4.79 Å². The van der Waals surface area contributed by atoms with Gasteiger partial charge in [-0.1, -0.05) is 62.4 Å². The van der Waals surface area contributed by atoms with Crippen molar-refractivity contribution in [3.63, 3.8) is 0 Å². The van der Waals surface area contributed by atoms with Crippen LogP contribution in [0, 0.1) is 5.41 Å². The number of hydrogen-bond donors (Lipinski definition) is 3. The highest BCUT2D eigenvalue weighted by molar-refractivity contribution is 5.89. The van der Waals surface area contributed by atoms with Crippen molar-refractivity contribution in [2.75, 3.05) is 26.4 Å². The summed E-state index contributed by atoms with van der Waals surface area (Å²) in [5.41, 5.74) is 2.41. The van der Waals surface area contributed by atoms with Crippen molar-refractivity contribution in [3.8, 4) is 11.1 Å². The van der Waals surface area contributed by atoms with Gasteiger partial charge in [-0.2, -0.15) is 0 Å². The molecule has 0 atom stereocenters. The molecule has 2 aliphatic rings. The lowest BCUT2D eigenvalue weighted by Crippen LogP contribution is -2.60. The van der Waals surface area contributed by atoms with Crippen LogP contribution in [0.1, 0.15) is 50.2 Å². The molecule has 0 radical (unpaired) electrons.